The van der Waals surface area contributed by atoms with Gasteiger partial charge in [-0.3, -0.25) is 4.79 Å². The quantitative estimate of drug-likeness (QED) is 0.885. The van der Waals surface area contributed by atoms with E-state index in [1.807, 2.05) is 38.1 Å². The maximum atomic E-state index is 12.6. The predicted molar refractivity (Wildman–Crippen MR) is 84.7 cm³/mol. The Hall–Kier alpha value is -2.50. The molecule has 2 rings (SSSR count). The molecule has 0 unspecified atom stereocenters. The lowest BCUT2D eigenvalue weighted by molar-refractivity contribution is -0.137. The molecule has 0 saturated heterocycles. The van der Waals surface area contributed by atoms with Gasteiger partial charge >= 0.3 is 6.18 Å². The first-order valence-corrected chi connectivity index (χ1v) is 7.42. The third kappa shape index (κ3) is 4.75. The van der Waals surface area contributed by atoms with Crippen LogP contribution in [0.1, 0.15) is 29.7 Å². The lowest BCUT2D eigenvalue weighted by Gasteiger charge is -2.17. The highest BCUT2D eigenvalue weighted by Crippen LogP contribution is 2.31. The number of rotatable bonds is 5. The van der Waals surface area contributed by atoms with Crippen molar-refractivity contribution in [3.63, 3.8) is 0 Å². The molecule has 0 heterocycles. The highest BCUT2D eigenvalue weighted by molar-refractivity contribution is 5.78. The van der Waals surface area contributed by atoms with E-state index < -0.39 is 17.6 Å². The van der Waals surface area contributed by atoms with Crippen LogP contribution in [0.2, 0.25) is 0 Å². The van der Waals surface area contributed by atoms with Crippen molar-refractivity contribution < 1.29 is 22.7 Å². The Morgan fingerprint density at radius 3 is 2.54 bits per heavy atom. The standard InChI is InChI=1S/C18H18F3NO2/c1-12-6-3-4-9-16(12)13(2)22-17(23)11-24-15-8-5-7-14(10-15)18(19,20)21/h3-10,13H,11H2,1-2H3,(H,22,23)/t13-/m0/s1. The van der Waals surface area contributed by atoms with Crippen LogP contribution in [0, 0.1) is 6.92 Å². The maximum Gasteiger partial charge on any atom is 0.416 e. The van der Waals surface area contributed by atoms with Gasteiger partial charge in [0.2, 0.25) is 0 Å². The molecule has 0 fully saturated rings. The Morgan fingerprint density at radius 1 is 1.17 bits per heavy atom. The van der Waals surface area contributed by atoms with Gasteiger partial charge in [0.1, 0.15) is 5.75 Å². The van der Waals surface area contributed by atoms with E-state index in [2.05, 4.69) is 5.32 Å². The van der Waals surface area contributed by atoms with Crippen LogP contribution in [0.4, 0.5) is 13.2 Å². The van der Waals surface area contributed by atoms with E-state index in [0.29, 0.717) is 0 Å². The summed E-state index contributed by atoms with van der Waals surface area (Å²) in [7, 11) is 0. The summed E-state index contributed by atoms with van der Waals surface area (Å²) >= 11 is 0. The molecule has 0 aliphatic heterocycles. The van der Waals surface area contributed by atoms with Crippen LogP contribution in [0.15, 0.2) is 48.5 Å². The molecular formula is C18H18F3NO2. The third-order valence-electron chi connectivity index (χ3n) is 3.56. The second kappa shape index (κ2) is 7.38. The van der Waals surface area contributed by atoms with Crippen molar-refractivity contribution in [1.82, 2.24) is 5.32 Å². The first-order chi connectivity index (χ1) is 11.3. The van der Waals surface area contributed by atoms with Crippen LogP contribution >= 0.6 is 0 Å². The second-order valence-electron chi connectivity index (χ2n) is 5.46. The van der Waals surface area contributed by atoms with E-state index in [0.717, 1.165) is 23.3 Å². The lowest BCUT2D eigenvalue weighted by atomic mass is 10.0. The fourth-order valence-corrected chi connectivity index (χ4v) is 2.34. The third-order valence-corrected chi connectivity index (χ3v) is 3.56. The van der Waals surface area contributed by atoms with Crippen molar-refractivity contribution >= 4 is 5.91 Å². The zero-order valence-electron chi connectivity index (χ0n) is 13.4. The number of halogens is 3. The molecule has 0 spiro atoms. The number of aryl methyl sites for hydroxylation is 1. The summed E-state index contributed by atoms with van der Waals surface area (Å²) in [4.78, 5) is 11.9. The molecule has 0 radical (unpaired) electrons. The number of benzene rings is 2. The van der Waals surface area contributed by atoms with Crippen LogP contribution in [-0.2, 0) is 11.0 Å². The van der Waals surface area contributed by atoms with Crippen molar-refractivity contribution in [3.8, 4) is 5.75 Å². The number of nitrogens with one attached hydrogen (secondary N) is 1. The van der Waals surface area contributed by atoms with Crippen LogP contribution in [0.3, 0.4) is 0 Å². The Balaban J connectivity index is 1.93. The van der Waals surface area contributed by atoms with Gasteiger partial charge in [-0.15, -0.1) is 0 Å². The average Bonchev–Trinajstić information content (AvgIpc) is 2.53. The molecule has 1 N–H and O–H groups in total. The number of carbonyl (C=O) groups excluding carboxylic acids is 1. The average molecular weight is 337 g/mol. The van der Waals surface area contributed by atoms with E-state index in [1.165, 1.54) is 12.1 Å². The summed E-state index contributed by atoms with van der Waals surface area (Å²) in [5.74, 6) is -0.397. The van der Waals surface area contributed by atoms with Crippen LogP contribution in [0.5, 0.6) is 5.75 Å². The first kappa shape index (κ1) is 17.8. The number of hydrogen-bond acceptors (Lipinski definition) is 2. The number of carbonyl (C=O) groups is 1. The molecule has 2 aromatic carbocycles. The van der Waals surface area contributed by atoms with E-state index in [-0.39, 0.29) is 18.4 Å². The first-order valence-electron chi connectivity index (χ1n) is 7.42. The monoisotopic (exact) mass is 337 g/mol. The predicted octanol–water partition coefficient (Wildman–Crippen LogP) is 4.27. The highest BCUT2D eigenvalue weighted by atomic mass is 19.4. The van der Waals surface area contributed by atoms with Gasteiger partial charge in [0.15, 0.2) is 6.61 Å². The highest BCUT2D eigenvalue weighted by Gasteiger charge is 2.30. The normalized spacial score (nSPS) is 12.5. The molecule has 128 valence electrons. The van der Waals surface area contributed by atoms with Crippen LogP contribution in [0.25, 0.3) is 0 Å². The number of ether oxygens (including phenoxy) is 1. The number of alkyl halides is 3. The molecule has 24 heavy (non-hydrogen) atoms. The van der Waals surface area contributed by atoms with Gasteiger partial charge in [0, 0.05) is 0 Å². The minimum absolute atomic E-state index is 0.00326. The Morgan fingerprint density at radius 2 is 1.88 bits per heavy atom. The molecule has 1 amide bonds. The largest absolute Gasteiger partial charge is 0.484 e. The number of hydrogen-bond donors (Lipinski definition) is 1. The van der Waals surface area contributed by atoms with Crippen molar-refractivity contribution in [2.75, 3.05) is 6.61 Å². The number of amides is 1. The molecular weight excluding hydrogens is 319 g/mol. The molecule has 0 aromatic heterocycles. The van der Waals surface area contributed by atoms with E-state index >= 15 is 0 Å². The van der Waals surface area contributed by atoms with Crippen molar-refractivity contribution in [2.24, 2.45) is 0 Å². The maximum absolute atomic E-state index is 12.6. The molecule has 1 atom stereocenters. The Labute approximate surface area is 138 Å². The summed E-state index contributed by atoms with van der Waals surface area (Å²) in [6, 6.07) is 11.9. The Bertz CT molecular complexity index is 713. The minimum atomic E-state index is -4.44. The van der Waals surface area contributed by atoms with Gasteiger partial charge in [0.25, 0.3) is 5.91 Å². The van der Waals surface area contributed by atoms with Gasteiger partial charge < -0.3 is 10.1 Å². The molecule has 0 aliphatic carbocycles. The van der Waals surface area contributed by atoms with E-state index in [9.17, 15) is 18.0 Å². The van der Waals surface area contributed by atoms with E-state index in [1.54, 1.807) is 0 Å². The van der Waals surface area contributed by atoms with Gasteiger partial charge in [-0.2, -0.15) is 13.2 Å². The van der Waals surface area contributed by atoms with Crippen molar-refractivity contribution in [3.05, 3.63) is 65.2 Å². The van der Waals surface area contributed by atoms with E-state index in [4.69, 9.17) is 4.74 Å². The zero-order valence-corrected chi connectivity index (χ0v) is 13.4. The molecule has 0 saturated carbocycles. The van der Waals surface area contributed by atoms with Crippen molar-refractivity contribution in [1.29, 1.82) is 0 Å². The molecule has 6 heteroatoms. The summed E-state index contributed by atoms with van der Waals surface area (Å²) in [5, 5.41) is 2.77. The smallest absolute Gasteiger partial charge is 0.416 e. The fourth-order valence-electron chi connectivity index (χ4n) is 2.34. The SMILES string of the molecule is Cc1ccccc1[C@H](C)NC(=O)COc1cccc(C(F)(F)F)c1. The summed E-state index contributed by atoms with van der Waals surface area (Å²) in [6.07, 6.45) is -4.44. The minimum Gasteiger partial charge on any atom is -0.484 e. The van der Waals surface area contributed by atoms with Crippen LogP contribution in [-0.4, -0.2) is 12.5 Å². The fraction of sp³-hybridized carbons (Fsp3) is 0.278. The molecule has 0 bridgehead atoms. The lowest BCUT2D eigenvalue weighted by Crippen LogP contribution is -2.31. The van der Waals surface area contributed by atoms with Gasteiger partial charge in [-0.25, -0.2) is 0 Å². The Kier molecular flexibility index (Phi) is 5.49. The molecule has 0 aliphatic rings. The van der Waals surface area contributed by atoms with Gasteiger partial charge in [0.05, 0.1) is 11.6 Å². The summed E-state index contributed by atoms with van der Waals surface area (Å²) in [5.41, 5.74) is 1.21. The topological polar surface area (TPSA) is 38.3 Å². The van der Waals surface area contributed by atoms with Crippen LogP contribution < -0.4 is 10.1 Å². The zero-order chi connectivity index (χ0) is 17.7. The summed E-state index contributed by atoms with van der Waals surface area (Å²) in [6.45, 7) is 3.43. The van der Waals surface area contributed by atoms with Gasteiger partial charge in [-0.05, 0) is 43.2 Å². The molecule has 2 aromatic rings. The molecule has 3 nitrogen and oxygen atoms in total. The second-order valence-corrected chi connectivity index (χ2v) is 5.46. The van der Waals surface area contributed by atoms with Gasteiger partial charge in [-0.1, -0.05) is 30.3 Å². The van der Waals surface area contributed by atoms with Crippen molar-refractivity contribution in [2.45, 2.75) is 26.1 Å². The summed E-state index contributed by atoms with van der Waals surface area (Å²) < 4.78 is 43.0.